The highest BCUT2D eigenvalue weighted by atomic mass is 35.5. The van der Waals surface area contributed by atoms with Gasteiger partial charge in [0.1, 0.15) is 0 Å². The highest BCUT2D eigenvalue weighted by Gasteiger charge is 2.32. The van der Waals surface area contributed by atoms with E-state index in [2.05, 4.69) is 5.32 Å². The maximum Gasteiger partial charge on any atom is 0.224 e. The largest absolute Gasteiger partial charge is 0.355 e. The van der Waals surface area contributed by atoms with Crippen molar-refractivity contribution < 1.29 is 13.2 Å². The number of hydrogen-bond acceptors (Lipinski definition) is 4. The first-order chi connectivity index (χ1) is 15.3. The second kappa shape index (κ2) is 12.0. The molecule has 2 aromatic rings. The Morgan fingerprint density at radius 1 is 1.09 bits per heavy atom. The van der Waals surface area contributed by atoms with Gasteiger partial charge in [0.15, 0.2) is 0 Å². The monoisotopic (exact) mass is 534 g/mol. The molecule has 0 aliphatic carbocycles. The van der Waals surface area contributed by atoms with Gasteiger partial charge in [0.25, 0.3) is 0 Å². The van der Waals surface area contributed by atoms with Crippen LogP contribution in [0, 0.1) is 5.92 Å². The number of carbonyl (C=O) groups excluding carboxylic acids is 1. The number of rotatable bonds is 9. The molecule has 1 atom stereocenters. The van der Waals surface area contributed by atoms with E-state index in [0.29, 0.717) is 41.5 Å². The number of nitrogens with one attached hydrogen (secondary N) is 1. The molecular formula is C22H25Cl3N2O3S2. The number of nitrogens with zero attached hydrogens (tertiary/aromatic N) is 1. The maximum absolute atomic E-state index is 12.9. The predicted molar refractivity (Wildman–Crippen MR) is 134 cm³/mol. The number of piperidine rings is 1. The van der Waals surface area contributed by atoms with Gasteiger partial charge in [-0.05, 0) is 42.2 Å². The summed E-state index contributed by atoms with van der Waals surface area (Å²) in [7, 11) is -3.56. The molecule has 0 radical (unpaired) electrons. The Morgan fingerprint density at radius 3 is 2.62 bits per heavy atom. The van der Waals surface area contributed by atoms with Gasteiger partial charge in [-0.1, -0.05) is 59.1 Å². The number of benzene rings is 2. The van der Waals surface area contributed by atoms with Crippen molar-refractivity contribution in [2.75, 3.05) is 25.4 Å². The predicted octanol–water partition coefficient (Wildman–Crippen LogP) is 5.24. The van der Waals surface area contributed by atoms with E-state index >= 15 is 0 Å². The van der Waals surface area contributed by atoms with Gasteiger partial charge in [0.05, 0.1) is 21.7 Å². The molecule has 0 bridgehead atoms. The molecule has 1 saturated heterocycles. The molecular weight excluding hydrogens is 511 g/mol. The Morgan fingerprint density at radius 2 is 1.88 bits per heavy atom. The van der Waals surface area contributed by atoms with E-state index in [-0.39, 0.29) is 24.1 Å². The van der Waals surface area contributed by atoms with Gasteiger partial charge in [-0.15, -0.1) is 0 Å². The Hall–Kier alpha value is -0.960. The minimum atomic E-state index is -3.56. The van der Waals surface area contributed by atoms with Crippen molar-refractivity contribution in [3.63, 3.8) is 0 Å². The van der Waals surface area contributed by atoms with Crippen molar-refractivity contribution >= 4 is 62.5 Å². The SMILES string of the molecule is O=C(NCCSCc1ccccc1Cl)[C@H]1CCCN(S(=O)(=O)Cc2ccc(Cl)c(Cl)c2)C1. The van der Waals surface area contributed by atoms with Crippen LogP contribution in [-0.4, -0.2) is 44.0 Å². The number of halogens is 3. The molecule has 1 aliphatic heterocycles. The van der Waals surface area contributed by atoms with Gasteiger partial charge in [0.2, 0.25) is 15.9 Å². The summed E-state index contributed by atoms with van der Waals surface area (Å²) < 4.78 is 27.2. The van der Waals surface area contributed by atoms with Crippen molar-refractivity contribution in [3.8, 4) is 0 Å². The molecule has 1 N–H and O–H groups in total. The number of thioether (sulfide) groups is 1. The zero-order valence-corrected chi connectivity index (χ0v) is 21.3. The molecule has 0 saturated carbocycles. The van der Waals surface area contributed by atoms with Gasteiger partial charge in [-0.3, -0.25) is 4.79 Å². The lowest BCUT2D eigenvalue weighted by Crippen LogP contribution is -2.46. The Bertz CT molecular complexity index is 1050. The summed E-state index contributed by atoms with van der Waals surface area (Å²) in [5, 5.41) is 4.39. The van der Waals surface area contributed by atoms with Crippen molar-refractivity contribution in [1.82, 2.24) is 9.62 Å². The molecule has 1 fully saturated rings. The molecule has 10 heteroatoms. The Kier molecular flexibility index (Phi) is 9.58. The average Bonchev–Trinajstić information content (AvgIpc) is 2.77. The minimum absolute atomic E-state index is 0.0993. The number of hydrogen-bond donors (Lipinski definition) is 1. The van der Waals surface area contributed by atoms with Crippen molar-refractivity contribution in [2.24, 2.45) is 5.92 Å². The fourth-order valence-electron chi connectivity index (χ4n) is 3.53. The molecule has 5 nitrogen and oxygen atoms in total. The van der Waals surface area contributed by atoms with Crippen LogP contribution in [0.5, 0.6) is 0 Å². The minimum Gasteiger partial charge on any atom is -0.355 e. The van der Waals surface area contributed by atoms with Gasteiger partial charge < -0.3 is 5.32 Å². The highest BCUT2D eigenvalue weighted by Crippen LogP contribution is 2.26. The quantitative estimate of drug-likeness (QED) is 0.446. The Balaban J connectivity index is 1.46. The smallest absolute Gasteiger partial charge is 0.224 e. The van der Waals surface area contributed by atoms with E-state index in [9.17, 15) is 13.2 Å². The topological polar surface area (TPSA) is 66.5 Å². The second-order valence-electron chi connectivity index (χ2n) is 7.64. The van der Waals surface area contributed by atoms with Gasteiger partial charge in [-0.2, -0.15) is 11.8 Å². The van der Waals surface area contributed by atoms with Crippen LogP contribution >= 0.6 is 46.6 Å². The lowest BCUT2D eigenvalue weighted by atomic mass is 9.99. The summed E-state index contributed by atoms with van der Waals surface area (Å²) in [6.45, 7) is 1.14. The third kappa shape index (κ3) is 7.27. The summed E-state index contributed by atoms with van der Waals surface area (Å²) in [5.74, 6) is 0.915. The molecule has 1 amide bonds. The van der Waals surface area contributed by atoms with Crippen LogP contribution in [0.15, 0.2) is 42.5 Å². The maximum atomic E-state index is 12.9. The third-order valence-electron chi connectivity index (χ3n) is 5.24. The van der Waals surface area contributed by atoms with Crippen molar-refractivity contribution in [2.45, 2.75) is 24.3 Å². The normalized spacial score (nSPS) is 17.3. The molecule has 1 heterocycles. The third-order valence-corrected chi connectivity index (χ3v) is 9.17. The van der Waals surface area contributed by atoms with Crippen molar-refractivity contribution in [3.05, 3.63) is 68.7 Å². The number of amides is 1. The van der Waals surface area contributed by atoms with Crippen LogP contribution in [-0.2, 0) is 26.3 Å². The zero-order chi connectivity index (χ0) is 23.1. The average molecular weight is 536 g/mol. The summed E-state index contributed by atoms with van der Waals surface area (Å²) in [5.41, 5.74) is 1.64. The summed E-state index contributed by atoms with van der Waals surface area (Å²) >= 11 is 19.8. The van der Waals surface area contributed by atoms with Gasteiger partial charge in [0, 0.05) is 36.2 Å². The summed E-state index contributed by atoms with van der Waals surface area (Å²) in [4.78, 5) is 12.6. The molecule has 1 aliphatic rings. The highest BCUT2D eigenvalue weighted by molar-refractivity contribution is 7.98. The van der Waals surface area contributed by atoms with Crippen LogP contribution in [0.25, 0.3) is 0 Å². The Labute approximate surface area is 208 Å². The molecule has 32 heavy (non-hydrogen) atoms. The molecule has 2 aromatic carbocycles. The molecule has 0 spiro atoms. The van der Waals surface area contributed by atoms with Crippen LogP contribution in [0.2, 0.25) is 15.1 Å². The van der Waals surface area contributed by atoms with E-state index in [4.69, 9.17) is 34.8 Å². The lowest BCUT2D eigenvalue weighted by molar-refractivity contribution is -0.125. The van der Waals surface area contributed by atoms with E-state index in [0.717, 1.165) is 22.1 Å². The fraction of sp³-hybridized carbons (Fsp3) is 0.409. The van der Waals surface area contributed by atoms with Gasteiger partial charge in [-0.25, -0.2) is 12.7 Å². The van der Waals surface area contributed by atoms with Crippen LogP contribution in [0.3, 0.4) is 0 Å². The van der Waals surface area contributed by atoms with Crippen molar-refractivity contribution in [1.29, 1.82) is 0 Å². The standard InChI is InChI=1S/C22H25Cl3N2O3S2/c23-19-6-2-1-4-18(19)14-31-11-9-26-22(28)17-5-3-10-27(13-17)32(29,30)15-16-7-8-20(24)21(25)12-16/h1-2,4,6-8,12,17H,3,5,9-11,13-15H2,(H,26,28)/t17-/m0/s1. The molecule has 174 valence electrons. The first-order valence-corrected chi connectivity index (χ1v) is 14.2. The summed E-state index contributed by atoms with van der Waals surface area (Å²) in [6, 6.07) is 12.5. The van der Waals surface area contributed by atoms with Crippen LogP contribution in [0.4, 0.5) is 0 Å². The lowest BCUT2D eigenvalue weighted by Gasteiger charge is -2.31. The fourth-order valence-corrected chi connectivity index (χ4v) is 6.59. The first kappa shape index (κ1) is 25.7. The second-order valence-corrected chi connectivity index (χ2v) is 11.9. The van der Waals surface area contributed by atoms with Crippen LogP contribution in [0.1, 0.15) is 24.0 Å². The molecule has 3 rings (SSSR count). The van der Waals surface area contributed by atoms with Gasteiger partial charge >= 0.3 is 0 Å². The van der Waals surface area contributed by atoms with Crippen LogP contribution < -0.4 is 5.32 Å². The zero-order valence-electron chi connectivity index (χ0n) is 17.4. The first-order valence-electron chi connectivity index (χ1n) is 10.3. The van der Waals surface area contributed by atoms with E-state index in [1.165, 1.54) is 4.31 Å². The molecule has 0 aromatic heterocycles. The van der Waals surface area contributed by atoms with E-state index in [1.54, 1.807) is 30.0 Å². The number of sulfonamides is 1. The molecule has 0 unspecified atom stereocenters. The summed E-state index contributed by atoms with van der Waals surface area (Å²) in [6.07, 6.45) is 1.33. The van der Waals surface area contributed by atoms with E-state index < -0.39 is 10.0 Å². The van der Waals surface area contributed by atoms with E-state index in [1.807, 2.05) is 24.3 Å². The number of carbonyl (C=O) groups is 1.